The van der Waals surface area contributed by atoms with Crippen LogP contribution in [0.25, 0.3) is 0 Å². The van der Waals surface area contributed by atoms with Crippen molar-refractivity contribution in [2.24, 2.45) is 0 Å². The number of esters is 1. The summed E-state index contributed by atoms with van der Waals surface area (Å²) in [5, 5.41) is 0. The van der Waals surface area contributed by atoms with Gasteiger partial charge in [0, 0.05) is 12.1 Å². The van der Waals surface area contributed by atoms with Crippen LogP contribution >= 0.6 is 0 Å². The molecule has 0 heterocycles. The van der Waals surface area contributed by atoms with Crippen molar-refractivity contribution < 1.29 is 17.8 Å². The first-order valence-electron chi connectivity index (χ1n) is 6.18. The van der Waals surface area contributed by atoms with Gasteiger partial charge < -0.3 is 13.0 Å². The van der Waals surface area contributed by atoms with Crippen molar-refractivity contribution in [2.75, 3.05) is 6.61 Å². The number of ether oxygens (including phenoxy) is 1. The van der Waals surface area contributed by atoms with Crippen molar-refractivity contribution in [2.45, 2.75) is 45.3 Å². The van der Waals surface area contributed by atoms with Gasteiger partial charge in [0.25, 0.3) is 0 Å². The molecule has 0 radical (unpaired) electrons. The van der Waals surface area contributed by atoms with Gasteiger partial charge in [0.1, 0.15) is 0 Å². The minimum absolute atomic E-state index is 0.358. The number of carbonyl (C=O) groups excluding carboxylic acids is 1. The number of hydrogen-bond donors (Lipinski definition) is 0. The fourth-order valence-corrected chi connectivity index (χ4v) is 9.43. The molecule has 7 heteroatoms. The van der Waals surface area contributed by atoms with Crippen molar-refractivity contribution >= 4 is 31.9 Å². The quantitative estimate of drug-likeness (QED) is 0.393. The molecule has 18 heavy (non-hydrogen) atoms. The highest BCUT2D eigenvalue weighted by molar-refractivity contribution is 6.81. The summed E-state index contributed by atoms with van der Waals surface area (Å²) in [5.74, 6) is -0.385. The Hall–Kier alpha value is -0.219. The fraction of sp³-hybridized carbons (Fsp3) is 0.727. The molecule has 0 atom stereocenters. The van der Waals surface area contributed by atoms with Crippen LogP contribution in [0.15, 0.2) is 12.7 Å². The molecule has 0 spiro atoms. The van der Waals surface area contributed by atoms with Crippen molar-refractivity contribution in [1.82, 2.24) is 0 Å². The van der Waals surface area contributed by atoms with E-state index in [1.165, 1.54) is 6.08 Å². The number of carbonyl (C=O) groups is 1. The first-order chi connectivity index (χ1) is 8.03. The van der Waals surface area contributed by atoms with Crippen molar-refractivity contribution in [3.8, 4) is 0 Å². The molecule has 0 saturated heterocycles. The average molecular weight is 307 g/mol. The standard InChI is InChI=1S/C11H26O4Si3/c1-8-11(12)13-9-10-16(14-17(2,3)4)15-18(5,6)7/h8,16H,1,9-10H2,2-7H3. The molecule has 0 bridgehead atoms. The van der Waals surface area contributed by atoms with E-state index in [0.29, 0.717) is 12.7 Å². The summed E-state index contributed by atoms with van der Waals surface area (Å²) in [6.45, 7) is 16.6. The zero-order chi connectivity index (χ0) is 14.4. The van der Waals surface area contributed by atoms with Crippen LogP contribution in [0, 0.1) is 0 Å². The average Bonchev–Trinajstić information content (AvgIpc) is 2.12. The molecular weight excluding hydrogens is 280 g/mol. The van der Waals surface area contributed by atoms with Gasteiger partial charge in [-0.1, -0.05) is 6.58 Å². The van der Waals surface area contributed by atoms with E-state index in [0.717, 1.165) is 0 Å². The molecule has 0 saturated carbocycles. The smallest absolute Gasteiger partial charge is 0.330 e. The highest BCUT2D eigenvalue weighted by Gasteiger charge is 2.28. The van der Waals surface area contributed by atoms with Gasteiger partial charge in [0.2, 0.25) is 0 Å². The summed E-state index contributed by atoms with van der Waals surface area (Å²) in [6.07, 6.45) is 1.18. The molecule has 0 aliphatic heterocycles. The lowest BCUT2D eigenvalue weighted by molar-refractivity contribution is -0.137. The molecule has 0 N–H and O–H groups in total. The summed E-state index contributed by atoms with van der Waals surface area (Å²) in [4.78, 5) is 11.0. The van der Waals surface area contributed by atoms with Gasteiger partial charge in [-0.05, 0) is 39.3 Å². The number of hydrogen-bond acceptors (Lipinski definition) is 4. The lowest BCUT2D eigenvalue weighted by Gasteiger charge is -2.30. The molecule has 0 aliphatic rings. The molecule has 0 aromatic rings. The molecule has 4 nitrogen and oxygen atoms in total. The molecule has 0 amide bonds. The molecule has 106 valence electrons. The third-order valence-electron chi connectivity index (χ3n) is 1.73. The van der Waals surface area contributed by atoms with Gasteiger partial charge in [0.15, 0.2) is 16.6 Å². The summed E-state index contributed by atoms with van der Waals surface area (Å²) in [6, 6.07) is 0.702. The largest absolute Gasteiger partial charge is 0.463 e. The van der Waals surface area contributed by atoms with Gasteiger partial charge >= 0.3 is 15.3 Å². The van der Waals surface area contributed by atoms with E-state index in [1.807, 2.05) is 0 Å². The molecule has 0 fully saturated rings. The van der Waals surface area contributed by atoms with E-state index in [1.54, 1.807) is 0 Å². The first-order valence-corrected chi connectivity index (χ1v) is 14.8. The molecule has 0 unspecified atom stereocenters. The Balaban J connectivity index is 4.30. The monoisotopic (exact) mass is 306 g/mol. The van der Waals surface area contributed by atoms with E-state index >= 15 is 0 Å². The predicted octanol–water partition coefficient (Wildman–Crippen LogP) is 2.64. The summed E-state index contributed by atoms with van der Waals surface area (Å²) >= 11 is 0. The Kier molecular flexibility index (Phi) is 7.30. The minimum Gasteiger partial charge on any atom is -0.463 e. The summed E-state index contributed by atoms with van der Waals surface area (Å²) in [5.41, 5.74) is 0. The lowest BCUT2D eigenvalue weighted by atomic mass is 10.6. The van der Waals surface area contributed by atoms with Crippen molar-refractivity contribution in [3.05, 3.63) is 12.7 Å². The van der Waals surface area contributed by atoms with Crippen LogP contribution in [-0.2, 0) is 17.8 Å². The van der Waals surface area contributed by atoms with Gasteiger partial charge in [-0.15, -0.1) is 0 Å². The maximum Gasteiger partial charge on any atom is 0.330 e. The summed E-state index contributed by atoms with van der Waals surface area (Å²) < 4.78 is 17.2. The topological polar surface area (TPSA) is 44.8 Å². The minimum atomic E-state index is -1.74. The third-order valence-corrected chi connectivity index (χ3v) is 10.2. The zero-order valence-electron chi connectivity index (χ0n) is 12.4. The second-order valence-electron chi connectivity index (χ2n) is 6.05. The Labute approximate surface area is 114 Å². The fourth-order valence-electron chi connectivity index (χ4n) is 1.25. The Morgan fingerprint density at radius 3 is 1.89 bits per heavy atom. The van der Waals surface area contributed by atoms with Crippen LogP contribution in [-0.4, -0.2) is 38.5 Å². The lowest BCUT2D eigenvalue weighted by Crippen LogP contribution is -2.43. The zero-order valence-corrected chi connectivity index (χ0v) is 15.6. The van der Waals surface area contributed by atoms with E-state index < -0.39 is 25.9 Å². The third kappa shape index (κ3) is 10.9. The van der Waals surface area contributed by atoms with Crippen LogP contribution in [0.4, 0.5) is 0 Å². The van der Waals surface area contributed by atoms with Crippen LogP contribution in [0.5, 0.6) is 0 Å². The Morgan fingerprint density at radius 2 is 1.56 bits per heavy atom. The predicted molar refractivity (Wildman–Crippen MR) is 82.0 cm³/mol. The highest BCUT2D eigenvalue weighted by atomic mass is 28.4. The van der Waals surface area contributed by atoms with Crippen LogP contribution in [0.3, 0.4) is 0 Å². The highest BCUT2D eigenvalue weighted by Crippen LogP contribution is 2.14. The second-order valence-corrected chi connectivity index (χ2v) is 17.8. The van der Waals surface area contributed by atoms with Crippen LogP contribution in [0.1, 0.15) is 0 Å². The number of rotatable bonds is 8. The van der Waals surface area contributed by atoms with Crippen molar-refractivity contribution in [1.29, 1.82) is 0 Å². The summed E-state index contributed by atoms with van der Waals surface area (Å²) in [7, 11) is -4.96. The van der Waals surface area contributed by atoms with E-state index in [-0.39, 0.29) is 5.97 Å². The van der Waals surface area contributed by atoms with Crippen molar-refractivity contribution in [3.63, 3.8) is 0 Å². The van der Waals surface area contributed by atoms with Crippen LogP contribution in [0.2, 0.25) is 45.3 Å². The molecule has 0 rings (SSSR count). The van der Waals surface area contributed by atoms with Crippen LogP contribution < -0.4 is 0 Å². The normalized spacial score (nSPS) is 12.6. The maximum atomic E-state index is 11.0. The SMILES string of the molecule is C=CC(=O)OCC[SiH](O[Si](C)(C)C)O[Si](C)(C)C. The van der Waals surface area contributed by atoms with Gasteiger partial charge in [-0.2, -0.15) is 0 Å². The van der Waals surface area contributed by atoms with Gasteiger partial charge in [-0.25, -0.2) is 4.79 Å². The molecule has 0 aromatic carbocycles. The molecule has 0 aliphatic carbocycles. The van der Waals surface area contributed by atoms with Gasteiger partial charge in [0.05, 0.1) is 6.61 Å². The first kappa shape index (κ1) is 17.8. The van der Waals surface area contributed by atoms with E-state index in [9.17, 15) is 4.79 Å². The van der Waals surface area contributed by atoms with Gasteiger partial charge in [-0.3, -0.25) is 0 Å². The van der Waals surface area contributed by atoms with E-state index in [2.05, 4.69) is 45.9 Å². The Bertz CT molecular complexity index is 265. The maximum absolute atomic E-state index is 11.0. The Morgan fingerprint density at radius 1 is 1.11 bits per heavy atom. The molecular formula is C11H26O4Si3. The second kappa shape index (κ2) is 7.39. The van der Waals surface area contributed by atoms with E-state index in [4.69, 9.17) is 13.0 Å². The molecule has 0 aromatic heterocycles.